The second-order valence-corrected chi connectivity index (χ2v) is 17.4. The number of benzene rings is 1. The van der Waals surface area contributed by atoms with E-state index in [0.29, 0.717) is 47.7 Å². The average Bonchev–Trinajstić information content (AvgIpc) is 3.61. The van der Waals surface area contributed by atoms with Gasteiger partial charge in [-0.05, 0) is 49.1 Å². The van der Waals surface area contributed by atoms with Gasteiger partial charge in [-0.1, -0.05) is 31.6 Å². The van der Waals surface area contributed by atoms with Crippen molar-refractivity contribution in [3.8, 4) is 11.5 Å². The Morgan fingerprint density at radius 1 is 0.953 bits per heavy atom. The number of nitrogens with zero attached hydrogens (tertiary/aromatic N) is 5. The van der Waals surface area contributed by atoms with Gasteiger partial charge in [-0.3, -0.25) is 19.3 Å². The van der Waals surface area contributed by atoms with Crippen molar-refractivity contribution in [2.75, 3.05) is 19.6 Å². The number of hydrogen-bond donors (Lipinski definition) is 1. The summed E-state index contributed by atoms with van der Waals surface area (Å²) in [5.74, 6) is 2.54. The highest BCUT2D eigenvalue weighted by molar-refractivity contribution is 6.83. The second kappa shape index (κ2) is 10.3. The van der Waals surface area contributed by atoms with Crippen LogP contribution in [0, 0.1) is 11.5 Å². The summed E-state index contributed by atoms with van der Waals surface area (Å²) in [6, 6.07) is 9.83. The number of carbonyl (C=O) groups excluding carboxylic acids is 3. The van der Waals surface area contributed by atoms with Crippen LogP contribution in [0.4, 0.5) is 4.79 Å². The highest BCUT2D eigenvalue weighted by Gasteiger charge is 2.36. The van der Waals surface area contributed by atoms with E-state index in [4.69, 9.17) is 0 Å². The Morgan fingerprint density at radius 3 is 2.53 bits per heavy atom. The minimum Gasteiger partial charge on any atom is -0.345 e. The summed E-state index contributed by atoms with van der Waals surface area (Å²) in [6.07, 6.45) is 8.70. The average molecular weight is 591 g/mol. The molecule has 9 nitrogen and oxygen atoms in total. The minimum atomic E-state index is -1.68. The molecule has 10 heteroatoms. The first kappa shape index (κ1) is 27.2. The number of piperidine rings is 1. The molecule has 43 heavy (non-hydrogen) atoms. The smallest absolute Gasteiger partial charge is 0.320 e. The van der Waals surface area contributed by atoms with Gasteiger partial charge in [0.25, 0.3) is 11.8 Å². The van der Waals surface area contributed by atoms with Gasteiger partial charge in [0.2, 0.25) is 0 Å². The molecule has 3 aliphatic heterocycles. The maximum Gasteiger partial charge on any atom is 0.320 e. The zero-order chi connectivity index (χ0) is 29.9. The molecule has 1 fully saturated rings. The maximum atomic E-state index is 13.6. The molecule has 1 aromatic carbocycles. The maximum absolute atomic E-state index is 13.6. The van der Waals surface area contributed by atoms with Crippen LogP contribution in [-0.2, 0) is 22.7 Å². The molecule has 0 unspecified atom stereocenters. The van der Waals surface area contributed by atoms with Crippen molar-refractivity contribution in [3.63, 3.8) is 0 Å². The van der Waals surface area contributed by atoms with Crippen LogP contribution in [0.15, 0.2) is 48.9 Å². The lowest BCUT2D eigenvalue weighted by molar-refractivity contribution is -0.122. The number of aromatic nitrogens is 3. The molecule has 7 rings (SSSR count). The summed E-state index contributed by atoms with van der Waals surface area (Å²) in [7, 11) is -1.68. The number of pyridine rings is 1. The molecule has 3 aromatic heterocycles. The summed E-state index contributed by atoms with van der Waals surface area (Å²) < 4.78 is 3.96. The van der Waals surface area contributed by atoms with Crippen LogP contribution in [-0.4, -0.2) is 69.3 Å². The highest BCUT2D eigenvalue weighted by Crippen LogP contribution is 2.39. The summed E-state index contributed by atoms with van der Waals surface area (Å²) in [6.45, 7) is 9.80. The number of carbonyl (C=O) groups is 3. The lowest BCUT2D eigenvalue weighted by Gasteiger charge is -2.32. The van der Waals surface area contributed by atoms with Gasteiger partial charge in [-0.25, -0.2) is 9.78 Å². The molecule has 1 N–H and O–H groups in total. The van der Waals surface area contributed by atoms with Crippen LogP contribution in [0.2, 0.25) is 19.6 Å². The monoisotopic (exact) mass is 590 g/mol. The fourth-order valence-corrected chi connectivity index (χ4v) is 6.91. The van der Waals surface area contributed by atoms with Crippen molar-refractivity contribution >= 4 is 53.6 Å². The molecule has 0 atom stereocenters. The summed E-state index contributed by atoms with van der Waals surface area (Å²) >= 11 is 0. The number of hydrogen-bond acceptors (Lipinski definition) is 4. The predicted molar refractivity (Wildman–Crippen MR) is 169 cm³/mol. The van der Waals surface area contributed by atoms with Gasteiger partial charge < -0.3 is 14.4 Å². The molecular formula is C33H34N6O3Si. The van der Waals surface area contributed by atoms with Gasteiger partial charge >= 0.3 is 6.03 Å². The lowest BCUT2D eigenvalue weighted by Crippen LogP contribution is -2.45. The lowest BCUT2D eigenvalue weighted by atomic mass is 9.96. The molecule has 0 spiro atoms. The van der Waals surface area contributed by atoms with Crippen molar-refractivity contribution in [2.24, 2.45) is 0 Å². The number of fused-ring (bicyclic) bond motifs is 1. The van der Waals surface area contributed by atoms with Crippen molar-refractivity contribution in [2.45, 2.75) is 52.0 Å². The van der Waals surface area contributed by atoms with Crippen molar-refractivity contribution in [3.05, 3.63) is 71.3 Å². The van der Waals surface area contributed by atoms with E-state index < -0.39 is 19.9 Å². The van der Waals surface area contributed by atoms with Crippen LogP contribution in [0.1, 0.15) is 41.6 Å². The van der Waals surface area contributed by atoms with Gasteiger partial charge in [-0.2, -0.15) is 0 Å². The van der Waals surface area contributed by atoms with Crippen LogP contribution in [0.3, 0.4) is 0 Å². The molecule has 4 aromatic rings. The molecule has 6 heterocycles. The molecule has 218 valence electrons. The summed E-state index contributed by atoms with van der Waals surface area (Å²) in [5.41, 5.74) is 8.87. The Kier molecular flexibility index (Phi) is 6.51. The van der Waals surface area contributed by atoms with E-state index >= 15 is 0 Å². The third kappa shape index (κ3) is 4.83. The number of imide groups is 1. The Balaban J connectivity index is 1.42. The zero-order valence-corrected chi connectivity index (χ0v) is 25.7. The van der Waals surface area contributed by atoms with Gasteiger partial charge in [0.05, 0.1) is 28.6 Å². The van der Waals surface area contributed by atoms with E-state index in [1.54, 1.807) is 6.20 Å². The van der Waals surface area contributed by atoms with Crippen LogP contribution >= 0.6 is 0 Å². The zero-order valence-electron chi connectivity index (χ0n) is 24.7. The summed E-state index contributed by atoms with van der Waals surface area (Å²) in [5, 5.41) is 3.40. The first-order chi connectivity index (χ1) is 20.7. The molecule has 0 aliphatic carbocycles. The van der Waals surface area contributed by atoms with Gasteiger partial charge in [0.1, 0.15) is 13.7 Å². The number of likely N-dealkylation sites (tertiary alicyclic amines) is 1. The third-order valence-electron chi connectivity index (χ3n) is 8.38. The van der Waals surface area contributed by atoms with Crippen molar-refractivity contribution < 1.29 is 14.4 Å². The van der Waals surface area contributed by atoms with E-state index in [0.717, 1.165) is 48.0 Å². The Labute approximate surface area is 251 Å². The van der Waals surface area contributed by atoms with E-state index in [2.05, 4.69) is 52.0 Å². The van der Waals surface area contributed by atoms with E-state index in [-0.39, 0.29) is 6.03 Å². The Hall–Kier alpha value is -4.62. The molecule has 0 radical (unpaired) electrons. The highest BCUT2D eigenvalue weighted by atomic mass is 28.3. The first-order valence-corrected chi connectivity index (χ1v) is 18.4. The van der Waals surface area contributed by atoms with Crippen LogP contribution < -0.4 is 5.32 Å². The van der Waals surface area contributed by atoms with Crippen molar-refractivity contribution in [1.29, 1.82) is 0 Å². The Morgan fingerprint density at radius 2 is 1.74 bits per heavy atom. The van der Waals surface area contributed by atoms with Gasteiger partial charge in [-0.15, -0.1) is 5.54 Å². The number of nitrogens with one attached hydrogen (secondary N) is 1. The largest absolute Gasteiger partial charge is 0.345 e. The number of urea groups is 1. The quantitative estimate of drug-likeness (QED) is 0.211. The van der Waals surface area contributed by atoms with E-state index in [1.165, 1.54) is 6.42 Å². The number of imidazole rings is 1. The van der Waals surface area contributed by atoms with E-state index in [9.17, 15) is 14.4 Å². The third-order valence-corrected chi connectivity index (χ3v) is 9.25. The standard InChI is InChI=1S/C33H34N6O3Si/c1-43(2,3)16-10-22-17-23-20-38(33(42)36-11-6-4-7-12-36)15-14-37-21-25(24(18-22)30(23)37)28-29(32(41)35-31(28)40)26-19-34-27-9-5-8-13-39(26)27/h5,8-9,13,17-19,21H,4,6-7,11-12,14-15,20H2,1-3H3,(H,35,40,41). The second-order valence-electron chi connectivity index (χ2n) is 12.6. The van der Waals surface area contributed by atoms with Crippen molar-refractivity contribution in [1.82, 2.24) is 29.1 Å². The molecule has 3 aliphatic rings. The molecule has 4 amide bonds. The minimum absolute atomic E-state index is 0.0794. The fraction of sp³-hybridized carbons (Fsp3) is 0.333. The van der Waals surface area contributed by atoms with Crippen LogP contribution in [0.25, 0.3) is 27.7 Å². The summed E-state index contributed by atoms with van der Waals surface area (Å²) in [4.78, 5) is 48.8. The molecule has 0 bridgehead atoms. The van der Waals surface area contributed by atoms with Gasteiger partial charge in [0.15, 0.2) is 0 Å². The predicted octanol–water partition coefficient (Wildman–Crippen LogP) is 4.51. The van der Waals surface area contributed by atoms with E-state index in [1.807, 2.05) is 50.9 Å². The SMILES string of the molecule is C[Si](C)(C)C#Cc1cc2c3c(c1)c(C1=C(c4cnc5ccccn45)C(=O)NC1=O)cn3CCN(C(=O)N1CCCCC1)C2. The Bertz CT molecular complexity index is 1930. The molecular weight excluding hydrogens is 556 g/mol. The molecule has 1 saturated heterocycles. The number of rotatable bonds is 2. The first-order valence-electron chi connectivity index (χ1n) is 14.9. The van der Waals surface area contributed by atoms with Crippen LogP contribution in [0.5, 0.6) is 0 Å². The normalized spacial score (nSPS) is 17.4. The van der Waals surface area contributed by atoms with Gasteiger partial charge in [0, 0.05) is 61.6 Å². The number of amides is 4. The molecule has 0 saturated carbocycles. The topological polar surface area (TPSA) is 92.0 Å². The fourth-order valence-electron chi connectivity index (χ4n) is 6.39.